The smallest absolute Gasteiger partial charge is 0.206 e. The molecule has 0 saturated carbocycles. The lowest BCUT2D eigenvalue weighted by Crippen LogP contribution is -2.26. The lowest BCUT2D eigenvalue weighted by molar-refractivity contribution is 0.632. The summed E-state index contributed by atoms with van der Waals surface area (Å²) < 4.78 is 0. The van der Waals surface area contributed by atoms with E-state index < -0.39 is 0 Å². The van der Waals surface area contributed by atoms with Crippen LogP contribution in [0.15, 0.2) is 29.4 Å². The predicted octanol–water partition coefficient (Wildman–Crippen LogP) is 3.83. The minimum Gasteiger partial charge on any atom is -0.369 e. The number of aryl methyl sites for hydroxylation is 1. The van der Waals surface area contributed by atoms with Gasteiger partial charge in [0.15, 0.2) is 0 Å². The number of nitrogens with one attached hydrogen (secondary N) is 2. The highest BCUT2D eigenvalue weighted by molar-refractivity contribution is 5.99. The zero-order chi connectivity index (χ0) is 14.8. The highest BCUT2D eigenvalue weighted by Gasteiger charge is 1.99. The van der Waals surface area contributed by atoms with E-state index in [1.807, 2.05) is 6.92 Å². The number of hydrogen-bond acceptors (Lipinski definition) is 2. The van der Waals surface area contributed by atoms with Gasteiger partial charge in [-0.2, -0.15) is 5.10 Å². The number of nitrogens with zero attached hydrogens (tertiary/aromatic N) is 1. The van der Waals surface area contributed by atoms with Crippen molar-refractivity contribution in [1.29, 1.82) is 5.41 Å². The molecule has 0 aliphatic heterocycles. The SMILES string of the molecule is CCCCCCCc1ccc(/C(C)=N/NC(=N)N)cc1.Cl. The average Bonchev–Trinajstić information content (AvgIpc) is 2.45. The fraction of sp³-hybridized carbons (Fsp3) is 0.500. The van der Waals surface area contributed by atoms with Gasteiger partial charge in [0, 0.05) is 0 Å². The van der Waals surface area contributed by atoms with Crippen molar-refractivity contribution in [3.63, 3.8) is 0 Å². The van der Waals surface area contributed by atoms with Crippen LogP contribution in [0.25, 0.3) is 0 Å². The zero-order valence-electron chi connectivity index (χ0n) is 13.0. The second-order valence-electron chi connectivity index (χ2n) is 5.08. The van der Waals surface area contributed by atoms with Crippen LogP contribution in [0.1, 0.15) is 57.1 Å². The third-order valence-electron chi connectivity index (χ3n) is 3.28. The molecule has 0 unspecified atom stereocenters. The van der Waals surface area contributed by atoms with E-state index in [1.54, 1.807) is 0 Å². The maximum absolute atomic E-state index is 7.07. The normalized spacial score (nSPS) is 10.9. The van der Waals surface area contributed by atoms with Gasteiger partial charge < -0.3 is 5.73 Å². The van der Waals surface area contributed by atoms with Crippen LogP contribution in [0.5, 0.6) is 0 Å². The molecule has 1 aromatic carbocycles. The van der Waals surface area contributed by atoms with Gasteiger partial charge in [0.1, 0.15) is 0 Å². The van der Waals surface area contributed by atoms with Crippen molar-refractivity contribution in [2.24, 2.45) is 10.8 Å². The van der Waals surface area contributed by atoms with E-state index in [2.05, 4.69) is 41.7 Å². The number of hydrazone groups is 1. The largest absolute Gasteiger partial charge is 0.369 e. The third kappa shape index (κ3) is 8.35. The Balaban J connectivity index is 0.00000400. The van der Waals surface area contributed by atoms with Gasteiger partial charge >= 0.3 is 0 Å². The molecule has 0 aromatic heterocycles. The fourth-order valence-electron chi connectivity index (χ4n) is 2.05. The Labute approximate surface area is 134 Å². The maximum atomic E-state index is 7.07. The summed E-state index contributed by atoms with van der Waals surface area (Å²) in [7, 11) is 0. The van der Waals surface area contributed by atoms with Gasteiger partial charge in [0.25, 0.3) is 0 Å². The molecule has 0 aliphatic carbocycles. The van der Waals surface area contributed by atoms with E-state index in [1.165, 1.54) is 37.7 Å². The Morgan fingerprint density at radius 1 is 1.14 bits per heavy atom. The Morgan fingerprint density at radius 2 is 1.76 bits per heavy atom. The summed E-state index contributed by atoms with van der Waals surface area (Å²) in [6.45, 7) is 4.14. The number of unbranched alkanes of at least 4 members (excludes halogenated alkanes) is 4. The van der Waals surface area contributed by atoms with Crippen LogP contribution in [0.3, 0.4) is 0 Å². The molecule has 5 heteroatoms. The molecule has 0 amide bonds. The first kappa shape index (κ1) is 19.4. The summed E-state index contributed by atoms with van der Waals surface area (Å²) in [5.74, 6) is -0.145. The van der Waals surface area contributed by atoms with Crippen LogP contribution < -0.4 is 11.2 Å². The second kappa shape index (κ2) is 11.1. The summed E-state index contributed by atoms with van der Waals surface area (Å²) in [5, 5.41) is 11.1. The first-order valence-electron chi connectivity index (χ1n) is 7.37. The summed E-state index contributed by atoms with van der Waals surface area (Å²) in [5.41, 5.74) is 10.9. The highest BCUT2D eigenvalue weighted by Crippen LogP contribution is 2.11. The van der Waals surface area contributed by atoms with Crippen molar-refractivity contribution >= 4 is 24.1 Å². The van der Waals surface area contributed by atoms with E-state index in [-0.39, 0.29) is 18.4 Å². The van der Waals surface area contributed by atoms with Crippen LogP contribution in [0.2, 0.25) is 0 Å². The molecule has 21 heavy (non-hydrogen) atoms. The molecule has 0 bridgehead atoms. The summed E-state index contributed by atoms with van der Waals surface area (Å²) >= 11 is 0. The topological polar surface area (TPSA) is 74.3 Å². The van der Waals surface area contributed by atoms with Crippen LogP contribution in [0, 0.1) is 5.41 Å². The number of nitrogens with two attached hydrogens (primary N) is 1. The van der Waals surface area contributed by atoms with Crippen LogP contribution in [-0.2, 0) is 6.42 Å². The van der Waals surface area contributed by atoms with Crippen molar-refractivity contribution in [2.45, 2.75) is 52.4 Å². The molecule has 1 aromatic rings. The number of hydrogen-bond donors (Lipinski definition) is 3. The van der Waals surface area contributed by atoms with E-state index in [0.717, 1.165) is 17.7 Å². The quantitative estimate of drug-likeness (QED) is 0.295. The van der Waals surface area contributed by atoms with E-state index >= 15 is 0 Å². The van der Waals surface area contributed by atoms with Crippen molar-refractivity contribution in [3.05, 3.63) is 35.4 Å². The first-order chi connectivity index (χ1) is 9.63. The molecular formula is C16H27ClN4. The lowest BCUT2D eigenvalue weighted by Gasteiger charge is -2.05. The number of guanidine groups is 1. The molecule has 1 rings (SSSR count). The molecule has 0 aliphatic rings. The molecule has 0 fully saturated rings. The maximum Gasteiger partial charge on any atom is 0.206 e. The molecule has 0 atom stereocenters. The van der Waals surface area contributed by atoms with Crippen LogP contribution in [0.4, 0.5) is 0 Å². The molecule has 4 N–H and O–H groups in total. The van der Waals surface area contributed by atoms with Gasteiger partial charge in [-0.15, -0.1) is 12.4 Å². The second-order valence-corrected chi connectivity index (χ2v) is 5.08. The minimum absolute atomic E-state index is 0. The van der Waals surface area contributed by atoms with Gasteiger partial charge in [-0.25, -0.2) is 5.43 Å². The monoisotopic (exact) mass is 310 g/mol. The Morgan fingerprint density at radius 3 is 2.33 bits per heavy atom. The van der Waals surface area contributed by atoms with Crippen LogP contribution in [-0.4, -0.2) is 11.7 Å². The standard InChI is InChI=1S/C16H26N4.ClH/c1-3-4-5-6-7-8-14-9-11-15(12-10-14)13(2)19-20-16(17)18;/h9-12H,3-8H2,1-2H3,(H4,17,18,20);1H/b19-13+;. The lowest BCUT2D eigenvalue weighted by atomic mass is 10.0. The van der Waals surface area contributed by atoms with Crippen LogP contribution >= 0.6 is 12.4 Å². The summed E-state index contributed by atoms with van der Waals surface area (Å²) in [4.78, 5) is 0. The van der Waals surface area contributed by atoms with Gasteiger partial charge in [-0.05, 0) is 30.9 Å². The van der Waals surface area contributed by atoms with Crippen molar-refractivity contribution in [2.75, 3.05) is 0 Å². The van der Waals surface area contributed by atoms with Crippen molar-refractivity contribution in [3.8, 4) is 0 Å². The highest BCUT2D eigenvalue weighted by atomic mass is 35.5. The van der Waals surface area contributed by atoms with Gasteiger partial charge in [-0.3, -0.25) is 5.41 Å². The number of benzene rings is 1. The summed E-state index contributed by atoms with van der Waals surface area (Å²) in [6.07, 6.45) is 7.71. The van der Waals surface area contributed by atoms with Crippen molar-refractivity contribution in [1.82, 2.24) is 5.43 Å². The molecule has 0 heterocycles. The van der Waals surface area contributed by atoms with Crippen molar-refractivity contribution < 1.29 is 0 Å². The minimum atomic E-state index is -0.145. The Hall–Kier alpha value is -1.55. The molecule has 0 saturated heterocycles. The van der Waals surface area contributed by atoms with E-state index in [4.69, 9.17) is 11.1 Å². The van der Waals surface area contributed by atoms with Gasteiger partial charge in [-0.1, -0.05) is 56.9 Å². The Bertz CT molecular complexity index is 440. The summed E-state index contributed by atoms with van der Waals surface area (Å²) in [6, 6.07) is 8.45. The Kier molecular flexibility index (Phi) is 10.3. The van der Waals surface area contributed by atoms with Gasteiger partial charge in [0.05, 0.1) is 5.71 Å². The zero-order valence-corrected chi connectivity index (χ0v) is 13.8. The third-order valence-corrected chi connectivity index (χ3v) is 3.28. The first-order valence-corrected chi connectivity index (χ1v) is 7.37. The molecule has 4 nitrogen and oxygen atoms in total. The fourth-order valence-corrected chi connectivity index (χ4v) is 2.05. The molecule has 0 spiro atoms. The average molecular weight is 311 g/mol. The molecule has 0 radical (unpaired) electrons. The van der Waals surface area contributed by atoms with E-state index in [0.29, 0.717) is 0 Å². The molecule has 118 valence electrons. The number of halogens is 1. The molecular weight excluding hydrogens is 284 g/mol. The van der Waals surface area contributed by atoms with Gasteiger partial charge in [0.2, 0.25) is 5.96 Å². The van der Waals surface area contributed by atoms with E-state index in [9.17, 15) is 0 Å². The predicted molar refractivity (Wildman–Crippen MR) is 93.4 cm³/mol. The number of rotatable bonds is 8.